The number of benzene rings is 3. The normalized spacial score (nSPS) is 16.5. The molecule has 1 saturated heterocycles. The molecule has 1 atom stereocenters. The molecule has 1 amide bonds. The maximum atomic E-state index is 13.7. The third kappa shape index (κ3) is 3.47. The Balaban J connectivity index is 1.47. The van der Waals surface area contributed by atoms with Gasteiger partial charge in [0.25, 0.3) is 0 Å². The highest BCUT2D eigenvalue weighted by molar-refractivity contribution is 5.96. The predicted molar refractivity (Wildman–Crippen MR) is 116 cm³/mol. The second kappa shape index (κ2) is 7.75. The lowest BCUT2D eigenvalue weighted by atomic mass is 10.1. The SMILES string of the molecule is O=C1CC(c2nc3ccccc3n2CCc2ccccc2)CN1c1cccc(F)c1. The number of para-hydroxylation sites is 2. The number of carbonyl (C=O) groups is 1. The number of nitrogens with zero attached hydrogens (tertiary/aromatic N) is 3. The average molecular weight is 399 g/mol. The third-order valence-corrected chi connectivity index (χ3v) is 5.76. The van der Waals surface area contributed by atoms with E-state index in [-0.39, 0.29) is 17.6 Å². The van der Waals surface area contributed by atoms with Crippen LogP contribution in [-0.4, -0.2) is 22.0 Å². The van der Waals surface area contributed by atoms with Gasteiger partial charge in [-0.05, 0) is 42.3 Å². The Morgan fingerprint density at radius 2 is 1.77 bits per heavy atom. The number of rotatable bonds is 5. The van der Waals surface area contributed by atoms with Gasteiger partial charge >= 0.3 is 0 Å². The molecule has 5 rings (SSSR count). The molecule has 0 N–H and O–H groups in total. The summed E-state index contributed by atoms with van der Waals surface area (Å²) in [5, 5.41) is 0. The molecule has 1 fully saturated rings. The lowest BCUT2D eigenvalue weighted by Gasteiger charge is -2.17. The fourth-order valence-electron chi connectivity index (χ4n) is 4.30. The van der Waals surface area contributed by atoms with E-state index in [0.29, 0.717) is 18.7 Å². The Labute approximate surface area is 174 Å². The third-order valence-electron chi connectivity index (χ3n) is 5.76. The average Bonchev–Trinajstić information content (AvgIpc) is 3.33. The van der Waals surface area contributed by atoms with E-state index in [4.69, 9.17) is 4.98 Å². The summed E-state index contributed by atoms with van der Waals surface area (Å²) < 4.78 is 15.9. The van der Waals surface area contributed by atoms with Crippen molar-refractivity contribution in [2.75, 3.05) is 11.4 Å². The number of aromatic nitrogens is 2. The number of aryl methyl sites for hydroxylation is 2. The van der Waals surface area contributed by atoms with Crippen LogP contribution in [0.4, 0.5) is 10.1 Å². The molecule has 1 unspecified atom stereocenters. The molecule has 0 saturated carbocycles. The van der Waals surface area contributed by atoms with E-state index in [1.165, 1.54) is 17.7 Å². The summed E-state index contributed by atoms with van der Waals surface area (Å²) in [7, 11) is 0. The highest BCUT2D eigenvalue weighted by Gasteiger charge is 2.34. The number of hydrogen-bond acceptors (Lipinski definition) is 2. The minimum atomic E-state index is -0.334. The second-order valence-corrected chi connectivity index (χ2v) is 7.73. The number of fused-ring (bicyclic) bond motifs is 1. The van der Waals surface area contributed by atoms with Crippen LogP contribution in [0.5, 0.6) is 0 Å². The second-order valence-electron chi connectivity index (χ2n) is 7.73. The van der Waals surface area contributed by atoms with Crippen LogP contribution >= 0.6 is 0 Å². The fourth-order valence-corrected chi connectivity index (χ4v) is 4.30. The van der Waals surface area contributed by atoms with Crippen molar-refractivity contribution in [3.05, 3.63) is 96.1 Å². The summed E-state index contributed by atoms with van der Waals surface area (Å²) in [6, 6.07) is 24.7. The Morgan fingerprint density at radius 3 is 2.60 bits per heavy atom. The number of anilines is 1. The molecular weight excluding hydrogens is 377 g/mol. The topological polar surface area (TPSA) is 38.1 Å². The minimum absolute atomic E-state index is 0.00673. The van der Waals surface area contributed by atoms with E-state index in [0.717, 1.165) is 29.8 Å². The van der Waals surface area contributed by atoms with Crippen molar-refractivity contribution in [3.8, 4) is 0 Å². The minimum Gasteiger partial charge on any atom is -0.327 e. The highest BCUT2D eigenvalue weighted by atomic mass is 19.1. The first-order valence-corrected chi connectivity index (χ1v) is 10.2. The van der Waals surface area contributed by atoms with Crippen molar-refractivity contribution in [3.63, 3.8) is 0 Å². The molecule has 1 aromatic heterocycles. The molecule has 3 aromatic carbocycles. The van der Waals surface area contributed by atoms with Crippen LogP contribution in [-0.2, 0) is 17.8 Å². The molecule has 150 valence electrons. The van der Waals surface area contributed by atoms with Crippen LogP contribution in [0.25, 0.3) is 11.0 Å². The molecular formula is C25H22FN3O. The summed E-state index contributed by atoms with van der Waals surface area (Å²) in [4.78, 5) is 19.3. The standard InChI is InChI=1S/C25H22FN3O/c26-20-9-6-10-21(16-20)29-17-19(15-24(29)30)25-27-22-11-4-5-12-23(22)28(25)14-13-18-7-2-1-3-8-18/h1-12,16,19H,13-15,17H2. The van der Waals surface area contributed by atoms with Gasteiger partial charge in [-0.1, -0.05) is 48.5 Å². The molecule has 5 heteroatoms. The summed E-state index contributed by atoms with van der Waals surface area (Å²) in [6.45, 7) is 1.31. The molecule has 4 aromatic rings. The first-order chi connectivity index (χ1) is 14.7. The zero-order valence-corrected chi connectivity index (χ0v) is 16.5. The summed E-state index contributed by atoms with van der Waals surface area (Å²) in [5.74, 6) is 0.578. The van der Waals surface area contributed by atoms with Gasteiger partial charge in [-0.2, -0.15) is 0 Å². The van der Waals surface area contributed by atoms with Crippen LogP contribution in [0.1, 0.15) is 23.7 Å². The van der Waals surface area contributed by atoms with Crippen molar-refractivity contribution in [1.82, 2.24) is 9.55 Å². The predicted octanol–water partition coefficient (Wildman–Crippen LogP) is 4.94. The van der Waals surface area contributed by atoms with Gasteiger partial charge in [0.2, 0.25) is 5.91 Å². The van der Waals surface area contributed by atoms with Crippen LogP contribution in [0.15, 0.2) is 78.9 Å². The summed E-state index contributed by atoms with van der Waals surface area (Å²) >= 11 is 0. The monoisotopic (exact) mass is 399 g/mol. The maximum Gasteiger partial charge on any atom is 0.227 e. The van der Waals surface area contributed by atoms with Crippen LogP contribution in [0.2, 0.25) is 0 Å². The molecule has 1 aliphatic heterocycles. The molecule has 30 heavy (non-hydrogen) atoms. The number of amides is 1. The van der Waals surface area contributed by atoms with Gasteiger partial charge < -0.3 is 9.47 Å². The van der Waals surface area contributed by atoms with Crippen LogP contribution in [0, 0.1) is 5.82 Å². The van der Waals surface area contributed by atoms with Crippen molar-refractivity contribution in [2.45, 2.75) is 25.3 Å². The van der Waals surface area contributed by atoms with E-state index in [1.807, 2.05) is 24.3 Å². The van der Waals surface area contributed by atoms with Gasteiger partial charge in [-0.25, -0.2) is 9.37 Å². The highest BCUT2D eigenvalue weighted by Crippen LogP contribution is 2.33. The molecule has 1 aliphatic rings. The first kappa shape index (κ1) is 18.6. The Hall–Kier alpha value is -3.47. The van der Waals surface area contributed by atoms with E-state index >= 15 is 0 Å². The van der Waals surface area contributed by atoms with E-state index in [9.17, 15) is 9.18 Å². The lowest BCUT2D eigenvalue weighted by molar-refractivity contribution is -0.117. The van der Waals surface area contributed by atoms with Crippen molar-refractivity contribution >= 4 is 22.6 Å². The molecule has 0 bridgehead atoms. The van der Waals surface area contributed by atoms with E-state index < -0.39 is 0 Å². The molecule has 4 nitrogen and oxygen atoms in total. The zero-order chi connectivity index (χ0) is 20.5. The molecule has 0 aliphatic carbocycles. The zero-order valence-electron chi connectivity index (χ0n) is 16.5. The lowest BCUT2D eigenvalue weighted by Crippen LogP contribution is -2.24. The Kier molecular flexibility index (Phi) is 4.79. The van der Waals surface area contributed by atoms with Gasteiger partial charge in [0.1, 0.15) is 11.6 Å². The first-order valence-electron chi connectivity index (χ1n) is 10.2. The van der Waals surface area contributed by atoms with Gasteiger partial charge in [0.15, 0.2) is 0 Å². The Bertz CT molecular complexity index is 1200. The van der Waals surface area contributed by atoms with Crippen LogP contribution in [0.3, 0.4) is 0 Å². The molecule has 2 heterocycles. The molecule has 0 spiro atoms. The number of carbonyl (C=O) groups excluding carboxylic acids is 1. The number of hydrogen-bond donors (Lipinski definition) is 0. The number of halogens is 1. The smallest absolute Gasteiger partial charge is 0.227 e. The van der Waals surface area contributed by atoms with Crippen molar-refractivity contribution in [1.29, 1.82) is 0 Å². The van der Waals surface area contributed by atoms with Crippen LogP contribution < -0.4 is 4.90 Å². The fraction of sp³-hybridized carbons (Fsp3) is 0.200. The maximum absolute atomic E-state index is 13.7. The molecule has 0 radical (unpaired) electrons. The summed E-state index contributed by atoms with van der Waals surface area (Å²) in [6.07, 6.45) is 1.27. The van der Waals surface area contributed by atoms with E-state index in [2.05, 4.69) is 34.9 Å². The van der Waals surface area contributed by atoms with Gasteiger partial charge in [0, 0.05) is 31.1 Å². The number of imidazole rings is 1. The quantitative estimate of drug-likeness (QED) is 0.477. The van der Waals surface area contributed by atoms with Gasteiger partial charge in [-0.3, -0.25) is 4.79 Å². The van der Waals surface area contributed by atoms with E-state index in [1.54, 1.807) is 17.0 Å². The summed E-state index contributed by atoms with van der Waals surface area (Å²) in [5.41, 5.74) is 3.90. The Morgan fingerprint density at radius 1 is 0.967 bits per heavy atom. The van der Waals surface area contributed by atoms with Gasteiger partial charge in [0.05, 0.1) is 11.0 Å². The van der Waals surface area contributed by atoms with Crippen molar-refractivity contribution < 1.29 is 9.18 Å². The largest absolute Gasteiger partial charge is 0.327 e. The van der Waals surface area contributed by atoms with Crippen molar-refractivity contribution in [2.24, 2.45) is 0 Å². The van der Waals surface area contributed by atoms with Gasteiger partial charge in [-0.15, -0.1) is 0 Å².